The van der Waals surface area contributed by atoms with Gasteiger partial charge in [-0.25, -0.2) is 0 Å². The Bertz CT molecular complexity index is 977. The monoisotopic (exact) mass is 416 g/mol. The zero-order chi connectivity index (χ0) is 20.1. The molecule has 0 aliphatic carbocycles. The van der Waals surface area contributed by atoms with Crippen LogP contribution in [-0.4, -0.2) is 33.6 Å². The van der Waals surface area contributed by atoms with Crippen molar-refractivity contribution < 1.29 is 14.7 Å². The lowest BCUT2D eigenvalue weighted by atomic mass is 10.2. The van der Waals surface area contributed by atoms with Gasteiger partial charge in [-0.05, 0) is 36.8 Å². The van der Waals surface area contributed by atoms with Crippen LogP contribution in [0.4, 0.5) is 5.69 Å². The quantitative estimate of drug-likeness (QED) is 0.514. The van der Waals surface area contributed by atoms with Crippen LogP contribution in [0.25, 0.3) is 0 Å². The Morgan fingerprint density at radius 1 is 1.32 bits per heavy atom. The van der Waals surface area contributed by atoms with E-state index >= 15 is 0 Å². The van der Waals surface area contributed by atoms with Crippen molar-refractivity contribution in [1.29, 1.82) is 0 Å². The third kappa shape index (κ3) is 4.90. The fourth-order valence-electron chi connectivity index (χ4n) is 2.44. The first kappa shape index (κ1) is 19.9. The second-order valence-electron chi connectivity index (χ2n) is 5.97. The molecule has 28 heavy (non-hydrogen) atoms. The molecule has 1 atom stereocenters. The molecule has 0 bridgehead atoms. The maximum atomic E-state index is 12.3. The Morgan fingerprint density at radius 2 is 2.11 bits per heavy atom. The van der Waals surface area contributed by atoms with Crippen LogP contribution < -0.4 is 10.6 Å². The van der Waals surface area contributed by atoms with Crippen molar-refractivity contribution in [2.24, 2.45) is 10.2 Å². The van der Waals surface area contributed by atoms with Crippen LogP contribution in [0.15, 0.2) is 52.7 Å². The molecule has 2 aromatic carbocycles. The number of hydrogen-bond acceptors (Lipinski definition) is 6. The predicted molar refractivity (Wildman–Crippen MR) is 112 cm³/mol. The van der Waals surface area contributed by atoms with Gasteiger partial charge in [-0.3, -0.25) is 9.59 Å². The summed E-state index contributed by atoms with van der Waals surface area (Å²) in [7, 11) is 0. The average molecular weight is 417 g/mol. The highest BCUT2D eigenvalue weighted by molar-refractivity contribution is 8.15. The first-order chi connectivity index (χ1) is 13.4. The number of carbonyl (C=O) groups excluding carboxylic acids is 2. The van der Waals surface area contributed by atoms with E-state index in [4.69, 9.17) is 11.6 Å². The van der Waals surface area contributed by atoms with E-state index < -0.39 is 5.25 Å². The normalized spacial score (nSPS) is 17.9. The molecule has 3 N–H and O–H groups in total. The highest BCUT2D eigenvalue weighted by Crippen LogP contribution is 2.26. The molecule has 0 spiro atoms. The lowest BCUT2D eigenvalue weighted by Gasteiger charge is -2.10. The summed E-state index contributed by atoms with van der Waals surface area (Å²) in [4.78, 5) is 24.4. The van der Waals surface area contributed by atoms with E-state index in [1.807, 2.05) is 6.92 Å². The van der Waals surface area contributed by atoms with E-state index in [1.165, 1.54) is 12.3 Å². The summed E-state index contributed by atoms with van der Waals surface area (Å²) in [5.74, 6) is -0.517. The molecule has 2 aromatic rings. The predicted octanol–water partition coefficient (Wildman–Crippen LogP) is 3.30. The molecule has 1 aliphatic rings. The Labute approximate surface area is 170 Å². The lowest BCUT2D eigenvalue weighted by molar-refractivity contribution is -0.122. The van der Waals surface area contributed by atoms with E-state index in [2.05, 4.69) is 20.8 Å². The number of phenols is 1. The molecule has 0 radical (unpaired) electrons. The summed E-state index contributed by atoms with van der Waals surface area (Å²) in [6.45, 7) is 1.81. The molecule has 0 saturated carbocycles. The van der Waals surface area contributed by atoms with E-state index in [0.29, 0.717) is 21.4 Å². The van der Waals surface area contributed by atoms with Crippen LogP contribution in [0.1, 0.15) is 17.5 Å². The molecule has 7 nitrogen and oxygen atoms in total. The van der Waals surface area contributed by atoms with Gasteiger partial charge in [-0.1, -0.05) is 41.6 Å². The number of carbonyl (C=O) groups is 2. The minimum absolute atomic E-state index is 0.00926. The van der Waals surface area contributed by atoms with Crippen LogP contribution in [0.3, 0.4) is 0 Å². The van der Waals surface area contributed by atoms with E-state index in [1.54, 1.807) is 36.4 Å². The number of para-hydroxylation sites is 1. The molecular formula is C19H17ClN4O3S. The molecule has 0 unspecified atom stereocenters. The number of anilines is 1. The van der Waals surface area contributed by atoms with Crippen molar-refractivity contribution in [3.63, 3.8) is 0 Å². The molecule has 1 aliphatic heterocycles. The lowest BCUT2D eigenvalue weighted by Crippen LogP contribution is -2.28. The standard InChI is InChI=1S/C19H17ClN4O3S/c1-11-13(20)6-4-7-14(11)22-17(26)9-16-18(27)23-19(28-16)24-21-10-12-5-2-3-8-15(12)25/h2-8,10,16,25H,9H2,1H3,(H,22,26)(H,23,24,27)/b21-10+/t16-/m0/s1. The summed E-state index contributed by atoms with van der Waals surface area (Å²) in [5, 5.41) is 23.1. The van der Waals surface area contributed by atoms with Crippen molar-refractivity contribution >= 4 is 52.2 Å². The maximum Gasteiger partial charge on any atom is 0.240 e. The summed E-state index contributed by atoms with van der Waals surface area (Å²) in [6, 6.07) is 11.9. The number of thioether (sulfide) groups is 1. The minimum atomic E-state index is -0.599. The third-order valence-electron chi connectivity index (χ3n) is 3.97. The largest absolute Gasteiger partial charge is 0.507 e. The second-order valence-corrected chi connectivity index (χ2v) is 7.57. The molecule has 3 rings (SSSR count). The summed E-state index contributed by atoms with van der Waals surface area (Å²) in [5.41, 5.74) is 1.89. The Morgan fingerprint density at radius 3 is 2.89 bits per heavy atom. The van der Waals surface area contributed by atoms with E-state index in [0.717, 1.165) is 17.3 Å². The fraction of sp³-hybridized carbons (Fsp3) is 0.158. The molecule has 2 amide bonds. The molecule has 144 valence electrons. The third-order valence-corrected chi connectivity index (χ3v) is 5.45. The van der Waals surface area contributed by atoms with Gasteiger partial charge in [-0.15, -0.1) is 5.10 Å². The van der Waals surface area contributed by atoms with E-state index in [-0.39, 0.29) is 24.0 Å². The molecule has 1 heterocycles. The highest BCUT2D eigenvalue weighted by atomic mass is 35.5. The van der Waals surface area contributed by atoms with Gasteiger partial charge in [0.05, 0.1) is 6.21 Å². The fourth-order valence-corrected chi connectivity index (χ4v) is 3.54. The van der Waals surface area contributed by atoms with Crippen molar-refractivity contribution in [3.8, 4) is 5.75 Å². The van der Waals surface area contributed by atoms with Crippen LogP contribution >= 0.6 is 23.4 Å². The highest BCUT2D eigenvalue weighted by Gasteiger charge is 2.32. The number of halogens is 1. The molecule has 9 heteroatoms. The van der Waals surface area contributed by atoms with Gasteiger partial charge < -0.3 is 15.7 Å². The van der Waals surface area contributed by atoms with Gasteiger partial charge in [-0.2, -0.15) is 5.10 Å². The molecule has 0 aromatic heterocycles. The van der Waals surface area contributed by atoms with Crippen LogP contribution in [0, 0.1) is 6.92 Å². The summed E-state index contributed by atoms with van der Waals surface area (Å²) < 4.78 is 0. The van der Waals surface area contributed by atoms with Crippen LogP contribution in [0.5, 0.6) is 5.75 Å². The maximum absolute atomic E-state index is 12.3. The Kier molecular flexibility index (Phi) is 6.33. The molecule has 1 saturated heterocycles. The number of phenolic OH excluding ortho intramolecular Hbond substituents is 1. The summed E-state index contributed by atoms with van der Waals surface area (Å²) >= 11 is 7.18. The van der Waals surface area contributed by atoms with Gasteiger partial charge >= 0.3 is 0 Å². The topological polar surface area (TPSA) is 103 Å². The van der Waals surface area contributed by atoms with Crippen molar-refractivity contribution in [2.45, 2.75) is 18.6 Å². The van der Waals surface area contributed by atoms with Gasteiger partial charge in [0.2, 0.25) is 11.8 Å². The summed E-state index contributed by atoms with van der Waals surface area (Å²) in [6.07, 6.45) is 1.38. The van der Waals surface area contributed by atoms with Crippen molar-refractivity contribution in [3.05, 3.63) is 58.6 Å². The zero-order valence-corrected chi connectivity index (χ0v) is 16.4. The molecule has 1 fully saturated rings. The van der Waals surface area contributed by atoms with Gasteiger partial charge in [0.1, 0.15) is 11.0 Å². The van der Waals surface area contributed by atoms with Crippen LogP contribution in [0.2, 0.25) is 5.02 Å². The zero-order valence-electron chi connectivity index (χ0n) is 14.8. The van der Waals surface area contributed by atoms with E-state index in [9.17, 15) is 14.7 Å². The number of amidine groups is 1. The number of aromatic hydroxyl groups is 1. The van der Waals surface area contributed by atoms with Crippen molar-refractivity contribution in [2.75, 3.05) is 5.32 Å². The molecular weight excluding hydrogens is 400 g/mol. The second kappa shape index (κ2) is 8.90. The Hall–Kier alpha value is -2.84. The number of benzene rings is 2. The number of hydrogen-bond donors (Lipinski definition) is 3. The number of rotatable bonds is 5. The number of amides is 2. The van der Waals surface area contributed by atoms with Gasteiger partial charge in [0.15, 0.2) is 5.17 Å². The SMILES string of the molecule is Cc1c(Cl)cccc1NC(=O)C[C@@H]1S/C(=N/N=C/c2ccccc2O)NC1=O. The van der Waals surface area contributed by atoms with Crippen LogP contribution in [-0.2, 0) is 9.59 Å². The van der Waals surface area contributed by atoms with Crippen molar-refractivity contribution in [1.82, 2.24) is 5.32 Å². The Balaban J connectivity index is 1.59. The smallest absolute Gasteiger partial charge is 0.240 e. The first-order valence-electron chi connectivity index (χ1n) is 8.35. The average Bonchev–Trinajstić information content (AvgIpc) is 3.00. The number of nitrogens with one attached hydrogen (secondary N) is 2. The van der Waals surface area contributed by atoms with Gasteiger partial charge in [0, 0.05) is 22.7 Å². The first-order valence-corrected chi connectivity index (χ1v) is 9.61. The van der Waals surface area contributed by atoms with Gasteiger partial charge in [0.25, 0.3) is 0 Å². The number of nitrogens with zero attached hydrogens (tertiary/aromatic N) is 2. The minimum Gasteiger partial charge on any atom is -0.507 e.